The van der Waals surface area contributed by atoms with Gasteiger partial charge in [0.2, 0.25) is 5.91 Å². The number of rotatable bonds is 10. The molecule has 0 unspecified atom stereocenters. The Bertz CT molecular complexity index is 1390. The standard InChI is InChI=1S/C28H26Br2N4O5/c1-38-24(8-4-5-9-25(35)34-23-7-3-2-6-22(23)32)27(20-14-18(29)15-21(30)26(20)36)39-28(37)33-19-12-10-17(16-31)11-13-19/h2-3,5-7,9-15,24,27,36H,4,8,32H2,1H3,(H,33,37)(H,34,35)/b9-5+/t24-,27-/m1/s1. The number of hydrogen-bond acceptors (Lipinski definition) is 7. The van der Waals surface area contributed by atoms with E-state index in [1.54, 1.807) is 66.7 Å². The normalized spacial score (nSPS) is 12.4. The molecule has 3 rings (SSSR count). The van der Waals surface area contributed by atoms with Crippen LogP contribution in [0.1, 0.15) is 30.1 Å². The molecule has 0 aliphatic heterocycles. The first-order valence-corrected chi connectivity index (χ1v) is 13.3. The minimum absolute atomic E-state index is 0.105. The zero-order valence-electron chi connectivity index (χ0n) is 20.9. The van der Waals surface area contributed by atoms with Crippen molar-refractivity contribution in [1.29, 1.82) is 5.26 Å². The highest BCUT2D eigenvalue weighted by atomic mass is 79.9. The number of nitrogens with one attached hydrogen (secondary N) is 2. The van der Waals surface area contributed by atoms with Crippen LogP contribution in [0.3, 0.4) is 0 Å². The summed E-state index contributed by atoms with van der Waals surface area (Å²) in [5, 5.41) is 25.1. The lowest BCUT2D eigenvalue weighted by atomic mass is 9.99. The maximum atomic E-state index is 12.8. The fourth-order valence-corrected chi connectivity index (χ4v) is 4.92. The van der Waals surface area contributed by atoms with Gasteiger partial charge in [-0.15, -0.1) is 0 Å². The Balaban J connectivity index is 1.74. The Labute approximate surface area is 242 Å². The van der Waals surface area contributed by atoms with Crippen LogP contribution < -0.4 is 16.4 Å². The van der Waals surface area contributed by atoms with E-state index in [1.807, 2.05) is 6.07 Å². The number of phenolic OH excluding ortho intramolecular Hbond substituents is 1. The molecule has 5 N–H and O–H groups in total. The summed E-state index contributed by atoms with van der Waals surface area (Å²) in [6, 6.07) is 18.5. The number of allylic oxidation sites excluding steroid dienone is 1. The molecule has 0 saturated heterocycles. The number of ether oxygens (including phenoxy) is 2. The van der Waals surface area contributed by atoms with Crippen molar-refractivity contribution in [2.24, 2.45) is 0 Å². The molecular weight excluding hydrogens is 632 g/mol. The summed E-state index contributed by atoms with van der Waals surface area (Å²) in [5.41, 5.74) is 8.03. The van der Waals surface area contributed by atoms with Crippen LogP contribution in [0.25, 0.3) is 0 Å². The summed E-state index contributed by atoms with van der Waals surface area (Å²) in [6.07, 6.45) is 1.35. The average molecular weight is 658 g/mol. The maximum absolute atomic E-state index is 12.8. The summed E-state index contributed by atoms with van der Waals surface area (Å²) in [4.78, 5) is 25.1. The van der Waals surface area contributed by atoms with Crippen LogP contribution >= 0.6 is 31.9 Å². The molecule has 0 aromatic heterocycles. The zero-order chi connectivity index (χ0) is 28.4. The monoisotopic (exact) mass is 656 g/mol. The SMILES string of the molecule is CO[C@H](CC/C=C/C(=O)Nc1ccccc1N)[C@H](OC(=O)Nc1ccc(C#N)cc1)c1cc(Br)cc(Br)c1O. The number of nitriles is 1. The number of phenols is 1. The van der Waals surface area contributed by atoms with Crippen LogP contribution in [0.5, 0.6) is 5.75 Å². The number of benzene rings is 3. The van der Waals surface area contributed by atoms with E-state index in [1.165, 1.54) is 13.2 Å². The first-order chi connectivity index (χ1) is 18.7. The second kappa shape index (κ2) is 14.3. The number of methoxy groups -OCH3 is 1. The molecule has 39 heavy (non-hydrogen) atoms. The number of halogens is 2. The van der Waals surface area contributed by atoms with Gasteiger partial charge in [-0.1, -0.05) is 34.1 Å². The second-order valence-electron chi connectivity index (χ2n) is 8.30. The Morgan fingerprint density at radius 2 is 1.85 bits per heavy atom. The predicted octanol–water partition coefficient (Wildman–Crippen LogP) is 6.65. The molecule has 0 aliphatic carbocycles. The Morgan fingerprint density at radius 3 is 2.51 bits per heavy atom. The van der Waals surface area contributed by atoms with Crippen molar-refractivity contribution >= 4 is 60.9 Å². The molecule has 2 atom stereocenters. The largest absolute Gasteiger partial charge is 0.506 e. The van der Waals surface area contributed by atoms with Gasteiger partial charge in [0.05, 0.1) is 33.6 Å². The minimum Gasteiger partial charge on any atom is -0.506 e. The van der Waals surface area contributed by atoms with E-state index < -0.39 is 18.3 Å². The summed E-state index contributed by atoms with van der Waals surface area (Å²) >= 11 is 6.72. The predicted molar refractivity (Wildman–Crippen MR) is 156 cm³/mol. The number of nitrogen functional groups attached to an aromatic ring is 1. The van der Waals surface area contributed by atoms with Gasteiger partial charge in [-0.05, 0) is 83.4 Å². The third-order valence-corrected chi connectivity index (χ3v) is 6.67. The van der Waals surface area contributed by atoms with Gasteiger partial charge < -0.3 is 25.6 Å². The topological polar surface area (TPSA) is 147 Å². The lowest BCUT2D eigenvalue weighted by Gasteiger charge is -2.27. The number of aromatic hydroxyl groups is 1. The van der Waals surface area contributed by atoms with Gasteiger partial charge in [0.15, 0.2) is 6.10 Å². The van der Waals surface area contributed by atoms with Crippen molar-refractivity contribution in [2.45, 2.75) is 25.0 Å². The molecule has 2 amide bonds. The first-order valence-electron chi connectivity index (χ1n) is 11.7. The Kier molecular flexibility index (Phi) is 10.9. The van der Waals surface area contributed by atoms with Gasteiger partial charge in [0.1, 0.15) is 5.75 Å². The third kappa shape index (κ3) is 8.58. The highest BCUT2D eigenvalue weighted by Crippen LogP contribution is 2.39. The van der Waals surface area contributed by atoms with Crippen LogP contribution in [-0.2, 0) is 14.3 Å². The molecule has 9 nitrogen and oxygen atoms in total. The summed E-state index contributed by atoms with van der Waals surface area (Å²) in [5.74, 6) is -0.447. The smallest absolute Gasteiger partial charge is 0.412 e. The van der Waals surface area contributed by atoms with Crippen molar-refractivity contribution in [3.63, 3.8) is 0 Å². The van der Waals surface area contributed by atoms with E-state index in [2.05, 4.69) is 42.5 Å². The van der Waals surface area contributed by atoms with Gasteiger partial charge in [-0.3, -0.25) is 10.1 Å². The highest BCUT2D eigenvalue weighted by molar-refractivity contribution is 9.11. The van der Waals surface area contributed by atoms with E-state index in [4.69, 9.17) is 20.5 Å². The number of nitrogens with two attached hydrogens (primary N) is 1. The molecule has 0 heterocycles. The molecule has 0 radical (unpaired) electrons. The van der Waals surface area contributed by atoms with E-state index in [0.717, 1.165) is 0 Å². The van der Waals surface area contributed by atoms with Gasteiger partial charge in [-0.25, -0.2) is 4.79 Å². The summed E-state index contributed by atoms with van der Waals surface area (Å²) in [7, 11) is 1.47. The lowest BCUT2D eigenvalue weighted by molar-refractivity contribution is -0.111. The van der Waals surface area contributed by atoms with E-state index in [0.29, 0.717) is 50.0 Å². The minimum atomic E-state index is -1.01. The quantitative estimate of drug-likeness (QED) is 0.141. The highest BCUT2D eigenvalue weighted by Gasteiger charge is 2.30. The third-order valence-electron chi connectivity index (χ3n) is 5.60. The Morgan fingerprint density at radius 1 is 1.13 bits per heavy atom. The molecule has 3 aromatic carbocycles. The fourth-order valence-electron chi connectivity index (χ4n) is 3.66. The zero-order valence-corrected chi connectivity index (χ0v) is 24.0. The molecule has 0 aliphatic rings. The number of amides is 2. The Hall–Kier alpha value is -3.85. The molecule has 3 aromatic rings. The number of nitrogens with zero attached hydrogens (tertiary/aromatic N) is 1. The average Bonchev–Trinajstić information content (AvgIpc) is 2.91. The first kappa shape index (κ1) is 29.7. The summed E-state index contributed by atoms with van der Waals surface area (Å²) < 4.78 is 12.5. The van der Waals surface area contributed by atoms with Crippen LogP contribution in [0.4, 0.5) is 21.9 Å². The van der Waals surface area contributed by atoms with Crippen LogP contribution in [0.15, 0.2) is 81.8 Å². The number of para-hydroxylation sites is 2. The lowest BCUT2D eigenvalue weighted by Crippen LogP contribution is -2.28. The molecule has 0 bridgehead atoms. The van der Waals surface area contributed by atoms with Gasteiger partial charge in [0.25, 0.3) is 0 Å². The van der Waals surface area contributed by atoms with E-state index >= 15 is 0 Å². The molecule has 0 saturated carbocycles. The number of anilines is 3. The van der Waals surface area contributed by atoms with Crippen LogP contribution in [-0.4, -0.2) is 30.3 Å². The fraction of sp³-hybridized carbons (Fsp3) is 0.179. The number of carbonyl (C=O) groups excluding carboxylic acids is 2. The molecule has 202 valence electrons. The number of hydrogen-bond donors (Lipinski definition) is 4. The summed E-state index contributed by atoms with van der Waals surface area (Å²) in [6.45, 7) is 0. The molecular formula is C28H26Br2N4O5. The van der Waals surface area contributed by atoms with Crippen molar-refractivity contribution in [3.8, 4) is 11.8 Å². The van der Waals surface area contributed by atoms with Crippen molar-refractivity contribution < 1.29 is 24.2 Å². The van der Waals surface area contributed by atoms with Gasteiger partial charge in [0, 0.05) is 22.8 Å². The molecule has 0 spiro atoms. The van der Waals surface area contributed by atoms with Crippen molar-refractivity contribution in [3.05, 3.63) is 92.9 Å². The van der Waals surface area contributed by atoms with E-state index in [9.17, 15) is 14.7 Å². The molecule has 0 fully saturated rings. The number of carbonyl (C=O) groups is 2. The maximum Gasteiger partial charge on any atom is 0.412 e. The van der Waals surface area contributed by atoms with Gasteiger partial charge >= 0.3 is 6.09 Å². The van der Waals surface area contributed by atoms with Crippen molar-refractivity contribution in [2.75, 3.05) is 23.5 Å². The van der Waals surface area contributed by atoms with Gasteiger partial charge in [-0.2, -0.15) is 5.26 Å². The van der Waals surface area contributed by atoms with Crippen molar-refractivity contribution in [1.82, 2.24) is 0 Å². The van der Waals surface area contributed by atoms with Crippen LogP contribution in [0.2, 0.25) is 0 Å². The van der Waals surface area contributed by atoms with E-state index in [-0.39, 0.29) is 11.7 Å². The molecule has 11 heteroatoms. The van der Waals surface area contributed by atoms with Crippen LogP contribution in [0, 0.1) is 11.3 Å². The second-order valence-corrected chi connectivity index (χ2v) is 10.1.